The predicted octanol–water partition coefficient (Wildman–Crippen LogP) is 3.11. The molecule has 4 nitrogen and oxygen atoms in total. The van der Waals surface area contributed by atoms with Crippen molar-refractivity contribution in [1.29, 1.82) is 0 Å². The Hall–Kier alpha value is -1.55. The molecule has 1 saturated heterocycles. The lowest BCUT2D eigenvalue weighted by Crippen LogP contribution is -2.43. The minimum Gasteiger partial charge on any atom is -0.356 e. The first-order valence-electron chi connectivity index (χ1n) is 7.92. The molecule has 2 rings (SSSR count). The number of amides is 2. The number of piperidine rings is 1. The van der Waals surface area contributed by atoms with Crippen molar-refractivity contribution in [3.8, 4) is 0 Å². The number of hydrogen-bond acceptors (Lipinski definition) is 2. The number of hydrogen-bond donors (Lipinski definition) is 1. The maximum Gasteiger partial charge on any atom is 0.255 e. The van der Waals surface area contributed by atoms with E-state index in [4.69, 9.17) is 11.6 Å². The van der Waals surface area contributed by atoms with Crippen LogP contribution >= 0.6 is 11.6 Å². The summed E-state index contributed by atoms with van der Waals surface area (Å²) in [5, 5.41) is 3.45. The van der Waals surface area contributed by atoms with E-state index in [0.717, 1.165) is 25.8 Å². The molecule has 1 aromatic rings. The first-order valence-corrected chi connectivity index (χ1v) is 8.30. The van der Waals surface area contributed by atoms with Gasteiger partial charge in [-0.05, 0) is 37.3 Å². The molecule has 0 aromatic heterocycles. The monoisotopic (exact) mass is 322 g/mol. The fourth-order valence-electron chi connectivity index (χ4n) is 2.79. The smallest absolute Gasteiger partial charge is 0.255 e. The van der Waals surface area contributed by atoms with E-state index < -0.39 is 0 Å². The van der Waals surface area contributed by atoms with Gasteiger partial charge < -0.3 is 10.2 Å². The molecule has 1 fully saturated rings. The van der Waals surface area contributed by atoms with Crippen LogP contribution in [0.3, 0.4) is 0 Å². The average Bonchev–Trinajstić information content (AvgIpc) is 2.53. The quantitative estimate of drug-likeness (QED) is 0.905. The van der Waals surface area contributed by atoms with Gasteiger partial charge in [0.05, 0.1) is 10.6 Å². The minimum absolute atomic E-state index is 0.0183. The number of benzene rings is 1. The Kier molecular flexibility index (Phi) is 6.25. The summed E-state index contributed by atoms with van der Waals surface area (Å²) < 4.78 is 0. The van der Waals surface area contributed by atoms with Crippen LogP contribution in [0.4, 0.5) is 0 Å². The molecule has 1 atom stereocenters. The van der Waals surface area contributed by atoms with E-state index in [1.165, 1.54) is 0 Å². The van der Waals surface area contributed by atoms with Gasteiger partial charge >= 0.3 is 0 Å². The third-order valence-electron chi connectivity index (χ3n) is 3.98. The number of carbonyl (C=O) groups is 2. The highest BCUT2D eigenvalue weighted by atomic mass is 35.5. The van der Waals surface area contributed by atoms with Gasteiger partial charge in [0.2, 0.25) is 5.91 Å². The molecule has 0 aliphatic carbocycles. The summed E-state index contributed by atoms with van der Waals surface area (Å²) in [5.74, 6) is 0.397. The third kappa shape index (κ3) is 4.47. The summed E-state index contributed by atoms with van der Waals surface area (Å²) in [6.07, 6.45) is 3.42. The van der Waals surface area contributed by atoms with Gasteiger partial charge in [-0.3, -0.25) is 9.59 Å². The Morgan fingerprint density at radius 3 is 2.86 bits per heavy atom. The molecule has 0 bridgehead atoms. The summed E-state index contributed by atoms with van der Waals surface area (Å²) in [7, 11) is 0. The third-order valence-corrected chi connectivity index (χ3v) is 4.31. The molecule has 120 valence electrons. The lowest BCUT2D eigenvalue weighted by molar-refractivity contribution is -0.121. The van der Waals surface area contributed by atoms with Crippen molar-refractivity contribution in [2.24, 2.45) is 5.92 Å². The van der Waals surface area contributed by atoms with Gasteiger partial charge in [0.25, 0.3) is 5.91 Å². The summed E-state index contributed by atoms with van der Waals surface area (Å²) in [4.78, 5) is 26.0. The fourth-order valence-corrected chi connectivity index (χ4v) is 3.01. The molecule has 1 N–H and O–H groups in total. The van der Waals surface area contributed by atoms with Crippen molar-refractivity contribution < 1.29 is 9.59 Å². The van der Waals surface area contributed by atoms with Crippen LogP contribution in [0.5, 0.6) is 0 Å². The second-order valence-corrected chi connectivity index (χ2v) is 6.20. The van der Waals surface area contributed by atoms with E-state index in [2.05, 4.69) is 5.32 Å². The molecule has 22 heavy (non-hydrogen) atoms. The second-order valence-electron chi connectivity index (χ2n) is 5.79. The van der Waals surface area contributed by atoms with E-state index >= 15 is 0 Å². The number of carbonyl (C=O) groups excluding carboxylic acids is 2. The number of rotatable bonds is 5. The minimum atomic E-state index is -0.0183. The summed E-state index contributed by atoms with van der Waals surface area (Å²) in [5.41, 5.74) is 0.555. The molecule has 5 heteroatoms. The summed E-state index contributed by atoms with van der Waals surface area (Å²) in [6.45, 7) is 4.06. The molecule has 1 aromatic carbocycles. The van der Waals surface area contributed by atoms with Crippen LogP contribution in [-0.2, 0) is 4.79 Å². The van der Waals surface area contributed by atoms with Crippen molar-refractivity contribution in [2.75, 3.05) is 19.6 Å². The maximum atomic E-state index is 12.6. The number of likely N-dealkylation sites (tertiary alicyclic amines) is 1. The SMILES string of the molecule is CCCC(=O)NCC1CCCN(C(=O)c2ccccc2Cl)C1. The van der Waals surface area contributed by atoms with E-state index in [1.807, 2.05) is 24.0 Å². The fraction of sp³-hybridized carbons (Fsp3) is 0.529. The van der Waals surface area contributed by atoms with Gasteiger partial charge in [0.15, 0.2) is 0 Å². The van der Waals surface area contributed by atoms with Crippen LogP contribution in [0, 0.1) is 5.92 Å². The van der Waals surface area contributed by atoms with E-state index in [1.54, 1.807) is 12.1 Å². The van der Waals surface area contributed by atoms with Crippen LogP contribution in [0.2, 0.25) is 5.02 Å². The standard InChI is InChI=1S/C17H23ClN2O2/c1-2-6-16(21)19-11-13-7-5-10-20(12-13)17(22)14-8-3-4-9-15(14)18/h3-4,8-9,13H,2,5-7,10-12H2,1H3,(H,19,21). The molecule has 2 amide bonds. The maximum absolute atomic E-state index is 12.6. The number of nitrogens with one attached hydrogen (secondary N) is 1. The Bertz CT molecular complexity index is 533. The van der Waals surface area contributed by atoms with Crippen molar-refractivity contribution >= 4 is 23.4 Å². The largest absolute Gasteiger partial charge is 0.356 e. The second kappa shape index (κ2) is 8.18. The molecular weight excluding hydrogens is 300 g/mol. The Morgan fingerprint density at radius 1 is 1.36 bits per heavy atom. The summed E-state index contributed by atoms with van der Waals surface area (Å²) in [6, 6.07) is 7.14. The van der Waals surface area contributed by atoms with Crippen molar-refractivity contribution in [2.45, 2.75) is 32.6 Å². The van der Waals surface area contributed by atoms with E-state index in [0.29, 0.717) is 36.0 Å². The zero-order valence-corrected chi connectivity index (χ0v) is 13.7. The molecule has 0 radical (unpaired) electrons. The Morgan fingerprint density at radius 2 is 2.14 bits per heavy atom. The van der Waals surface area contributed by atoms with Crippen LogP contribution in [0.25, 0.3) is 0 Å². The zero-order valence-electron chi connectivity index (χ0n) is 13.0. The normalized spacial score (nSPS) is 18.1. The molecular formula is C17H23ClN2O2. The van der Waals surface area contributed by atoms with Gasteiger partial charge in [-0.25, -0.2) is 0 Å². The Labute approximate surface area is 136 Å². The first-order chi connectivity index (χ1) is 10.6. The lowest BCUT2D eigenvalue weighted by atomic mass is 9.97. The molecule has 1 heterocycles. The van der Waals surface area contributed by atoms with Crippen LogP contribution in [-0.4, -0.2) is 36.3 Å². The predicted molar refractivity (Wildman–Crippen MR) is 88.0 cm³/mol. The van der Waals surface area contributed by atoms with Crippen molar-refractivity contribution in [3.05, 3.63) is 34.9 Å². The van der Waals surface area contributed by atoms with Crippen LogP contribution < -0.4 is 5.32 Å². The van der Waals surface area contributed by atoms with Gasteiger partial charge in [0.1, 0.15) is 0 Å². The van der Waals surface area contributed by atoms with Crippen LogP contribution in [0.1, 0.15) is 43.0 Å². The highest BCUT2D eigenvalue weighted by Crippen LogP contribution is 2.22. The number of nitrogens with zero attached hydrogens (tertiary/aromatic N) is 1. The highest BCUT2D eigenvalue weighted by molar-refractivity contribution is 6.33. The zero-order chi connectivity index (χ0) is 15.9. The molecule has 1 aliphatic rings. The first kappa shape index (κ1) is 16.8. The topological polar surface area (TPSA) is 49.4 Å². The number of halogens is 1. The lowest BCUT2D eigenvalue weighted by Gasteiger charge is -2.33. The highest BCUT2D eigenvalue weighted by Gasteiger charge is 2.25. The van der Waals surface area contributed by atoms with Gasteiger partial charge in [-0.2, -0.15) is 0 Å². The molecule has 1 unspecified atom stereocenters. The van der Waals surface area contributed by atoms with Gasteiger partial charge in [-0.15, -0.1) is 0 Å². The van der Waals surface area contributed by atoms with Gasteiger partial charge in [-0.1, -0.05) is 30.7 Å². The van der Waals surface area contributed by atoms with Crippen molar-refractivity contribution in [1.82, 2.24) is 10.2 Å². The van der Waals surface area contributed by atoms with E-state index in [-0.39, 0.29) is 11.8 Å². The van der Waals surface area contributed by atoms with Gasteiger partial charge in [0, 0.05) is 26.1 Å². The van der Waals surface area contributed by atoms with Crippen LogP contribution in [0.15, 0.2) is 24.3 Å². The average molecular weight is 323 g/mol. The summed E-state index contributed by atoms with van der Waals surface area (Å²) >= 11 is 6.11. The van der Waals surface area contributed by atoms with E-state index in [9.17, 15) is 9.59 Å². The van der Waals surface area contributed by atoms with Crippen molar-refractivity contribution in [3.63, 3.8) is 0 Å². The molecule has 0 saturated carbocycles. The molecule has 0 spiro atoms. The Balaban J connectivity index is 1.91. The molecule has 1 aliphatic heterocycles.